The highest BCUT2D eigenvalue weighted by molar-refractivity contribution is 9.11. The van der Waals surface area contributed by atoms with Gasteiger partial charge in [-0.25, -0.2) is 9.78 Å². The molecule has 0 amide bonds. The van der Waals surface area contributed by atoms with Gasteiger partial charge in [0.05, 0.1) is 10.9 Å². The van der Waals surface area contributed by atoms with Crippen LogP contribution in [0.3, 0.4) is 0 Å². The first kappa shape index (κ1) is 9.98. The number of rotatable bonds is 0. The molecule has 1 aromatic carbocycles. The lowest BCUT2D eigenvalue weighted by Gasteiger charge is -2.02. The third-order valence-corrected chi connectivity index (χ3v) is 3.34. The second-order valence-electron chi connectivity index (χ2n) is 3.24. The number of fused-ring (bicyclic) bond motifs is 3. The zero-order valence-corrected chi connectivity index (χ0v) is 10.9. The van der Waals surface area contributed by atoms with Crippen molar-refractivity contribution in [1.29, 1.82) is 0 Å². The van der Waals surface area contributed by atoms with Crippen LogP contribution in [0.5, 0.6) is 0 Å². The molecule has 2 aromatic heterocycles. The summed E-state index contributed by atoms with van der Waals surface area (Å²) in [4.78, 5) is 18.5. The van der Waals surface area contributed by atoms with E-state index < -0.39 is 0 Å². The van der Waals surface area contributed by atoms with Crippen LogP contribution in [0.1, 0.15) is 0 Å². The third kappa shape index (κ3) is 1.31. The van der Waals surface area contributed by atoms with Gasteiger partial charge in [0, 0.05) is 8.95 Å². The second-order valence-corrected chi connectivity index (χ2v) is 5.01. The quantitative estimate of drug-likeness (QED) is 0.679. The molecule has 0 unspecified atom stereocenters. The molecule has 0 saturated carbocycles. The van der Waals surface area contributed by atoms with E-state index in [-0.39, 0.29) is 5.69 Å². The summed E-state index contributed by atoms with van der Waals surface area (Å²) in [6.45, 7) is 0. The first-order chi connectivity index (χ1) is 7.66. The van der Waals surface area contributed by atoms with Crippen LogP contribution in [0.2, 0.25) is 0 Å². The summed E-state index contributed by atoms with van der Waals surface area (Å²) in [5.41, 5.74) is 0.954. The molecule has 0 aliphatic rings. The molecule has 0 saturated heterocycles. The molecule has 0 bridgehead atoms. The maximum atomic E-state index is 11.7. The highest BCUT2D eigenvalue weighted by atomic mass is 79.9. The van der Waals surface area contributed by atoms with E-state index in [2.05, 4.69) is 46.9 Å². The van der Waals surface area contributed by atoms with Crippen LogP contribution < -0.4 is 5.69 Å². The minimum Gasteiger partial charge on any atom is -0.305 e. The molecule has 0 aliphatic carbocycles. The summed E-state index contributed by atoms with van der Waals surface area (Å²) < 4.78 is 2.97. The monoisotopic (exact) mass is 342 g/mol. The number of benzene rings is 1. The van der Waals surface area contributed by atoms with Crippen molar-refractivity contribution in [3.05, 3.63) is 37.9 Å². The molecule has 2 heterocycles. The molecule has 16 heavy (non-hydrogen) atoms. The Morgan fingerprint density at radius 3 is 2.94 bits per heavy atom. The van der Waals surface area contributed by atoms with Gasteiger partial charge in [-0.2, -0.15) is 9.61 Å². The fourth-order valence-electron chi connectivity index (χ4n) is 1.63. The SMILES string of the molecule is O=c1[nH]c2cc(Br)cc(Br)c2c2ncnn12. The topological polar surface area (TPSA) is 63.0 Å². The zero-order valence-electron chi connectivity index (χ0n) is 7.74. The molecule has 0 aliphatic heterocycles. The average molecular weight is 344 g/mol. The number of halogens is 2. The molecule has 3 aromatic rings. The van der Waals surface area contributed by atoms with E-state index in [1.807, 2.05) is 12.1 Å². The van der Waals surface area contributed by atoms with Crippen LogP contribution in [0.25, 0.3) is 16.6 Å². The van der Waals surface area contributed by atoms with Crippen molar-refractivity contribution < 1.29 is 0 Å². The average Bonchev–Trinajstić information content (AvgIpc) is 2.65. The normalized spacial score (nSPS) is 11.4. The van der Waals surface area contributed by atoms with Crippen molar-refractivity contribution in [3.8, 4) is 0 Å². The van der Waals surface area contributed by atoms with Gasteiger partial charge in [0.2, 0.25) is 0 Å². The van der Waals surface area contributed by atoms with Crippen molar-refractivity contribution in [1.82, 2.24) is 19.6 Å². The summed E-state index contributed by atoms with van der Waals surface area (Å²) in [5, 5.41) is 4.69. The van der Waals surface area contributed by atoms with Crippen molar-refractivity contribution in [2.45, 2.75) is 0 Å². The van der Waals surface area contributed by atoms with E-state index in [9.17, 15) is 4.79 Å². The van der Waals surface area contributed by atoms with E-state index in [4.69, 9.17) is 0 Å². The number of hydrogen-bond acceptors (Lipinski definition) is 3. The summed E-state index contributed by atoms with van der Waals surface area (Å²) in [6.07, 6.45) is 1.36. The molecule has 0 spiro atoms. The van der Waals surface area contributed by atoms with Gasteiger partial charge in [-0.05, 0) is 28.1 Å². The van der Waals surface area contributed by atoms with Crippen LogP contribution in [-0.4, -0.2) is 19.6 Å². The number of nitrogens with one attached hydrogen (secondary N) is 1. The van der Waals surface area contributed by atoms with Gasteiger partial charge >= 0.3 is 5.69 Å². The maximum absolute atomic E-state index is 11.7. The van der Waals surface area contributed by atoms with Crippen molar-refractivity contribution in [2.24, 2.45) is 0 Å². The lowest BCUT2D eigenvalue weighted by atomic mass is 10.2. The highest BCUT2D eigenvalue weighted by Gasteiger charge is 2.10. The minimum absolute atomic E-state index is 0.301. The van der Waals surface area contributed by atoms with Gasteiger partial charge in [-0.3, -0.25) is 0 Å². The fourth-order valence-corrected chi connectivity index (χ4v) is 3.03. The molecular formula is C9H4Br2N4O. The van der Waals surface area contributed by atoms with Crippen LogP contribution >= 0.6 is 31.9 Å². The molecule has 0 atom stereocenters. The van der Waals surface area contributed by atoms with Crippen molar-refractivity contribution in [3.63, 3.8) is 0 Å². The second kappa shape index (κ2) is 3.39. The van der Waals surface area contributed by atoms with Crippen LogP contribution in [0, 0.1) is 0 Å². The van der Waals surface area contributed by atoms with E-state index in [1.165, 1.54) is 10.8 Å². The molecule has 1 N–H and O–H groups in total. The van der Waals surface area contributed by atoms with Gasteiger partial charge < -0.3 is 4.98 Å². The first-order valence-electron chi connectivity index (χ1n) is 4.37. The number of nitrogens with zero attached hydrogens (tertiary/aromatic N) is 3. The smallest absolute Gasteiger partial charge is 0.305 e. The lowest BCUT2D eigenvalue weighted by Crippen LogP contribution is -2.17. The lowest BCUT2D eigenvalue weighted by molar-refractivity contribution is 0.881. The Kier molecular flexibility index (Phi) is 2.11. The van der Waals surface area contributed by atoms with E-state index in [0.29, 0.717) is 11.2 Å². The number of aromatic nitrogens is 4. The van der Waals surface area contributed by atoms with Crippen LogP contribution in [0.15, 0.2) is 32.2 Å². The molecule has 80 valence electrons. The Hall–Kier alpha value is -1.21. The van der Waals surface area contributed by atoms with E-state index in [0.717, 1.165) is 14.3 Å². The summed E-state index contributed by atoms with van der Waals surface area (Å²) in [5.74, 6) is 0. The Bertz CT molecular complexity index is 761. The maximum Gasteiger partial charge on any atom is 0.348 e. The van der Waals surface area contributed by atoms with Crippen molar-refractivity contribution in [2.75, 3.05) is 0 Å². The molecule has 0 radical (unpaired) electrons. The highest BCUT2D eigenvalue weighted by Crippen LogP contribution is 2.28. The van der Waals surface area contributed by atoms with Gasteiger partial charge in [-0.1, -0.05) is 15.9 Å². The van der Waals surface area contributed by atoms with Crippen molar-refractivity contribution >= 4 is 48.4 Å². The third-order valence-electron chi connectivity index (χ3n) is 2.26. The summed E-state index contributed by atoms with van der Waals surface area (Å²) in [7, 11) is 0. The van der Waals surface area contributed by atoms with E-state index >= 15 is 0 Å². The van der Waals surface area contributed by atoms with Gasteiger partial charge in [0.1, 0.15) is 6.33 Å². The molecular weight excluding hydrogens is 340 g/mol. The number of H-pyrrole nitrogens is 1. The van der Waals surface area contributed by atoms with Gasteiger partial charge in [0.15, 0.2) is 5.65 Å². The van der Waals surface area contributed by atoms with Crippen LogP contribution in [-0.2, 0) is 0 Å². The Morgan fingerprint density at radius 2 is 2.12 bits per heavy atom. The Balaban J connectivity index is 2.70. The summed E-state index contributed by atoms with van der Waals surface area (Å²) in [6, 6.07) is 3.73. The standard InChI is InChI=1S/C9H4Br2N4O/c10-4-1-5(11)7-6(2-4)14-9(16)15-8(7)12-3-13-15/h1-3H,(H,14,16). The van der Waals surface area contributed by atoms with Gasteiger partial charge in [-0.15, -0.1) is 0 Å². The molecule has 5 nitrogen and oxygen atoms in total. The van der Waals surface area contributed by atoms with Crippen LogP contribution in [0.4, 0.5) is 0 Å². The Morgan fingerprint density at radius 1 is 1.31 bits per heavy atom. The van der Waals surface area contributed by atoms with Gasteiger partial charge in [0.25, 0.3) is 0 Å². The molecule has 0 fully saturated rings. The predicted molar refractivity (Wildman–Crippen MR) is 66.5 cm³/mol. The number of hydrogen-bond donors (Lipinski definition) is 1. The molecule has 3 rings (SSSR count). The fraction of sp³-hybridized carbons (Fsp3) is 0. The Labute approximate surface area is 106 Å². The zero-order chi connectivity index (χ0) is 11.3. The molecule has 7 heteroatoms. The summed E-state index contributed by atoms with van der Waals surface area (Å²) >= 11 is 6.81. The number of aromatic amines is 1. The van der Waals surface area contributed by atoms with E-state index in [1.54, 1.807) is 0 Å². The first-order valence-corrected chi connectivity index (χ1v) is 5.96. The minimum atomic E-state index is -0.301. The predicted octanol–water partition coefficient (Wildman–Crippen LogP) is 2.10. The largest absolute Gasteiger partial charge is 0.348 e.